The monoisotopic (exact) mass is 458 g/mol. The van der Waals surface area contributed by atoms with Gasteiger partial charge < -0.3 is 10.1 Å². The van der Waals surface area contributed by atoms with Crippen LogP contribution >= 0.6 is 23.1 Å². The molecule has 0 fully saturated rings. The summed E-state index contributed by atoms with van der Waals surface area (Å²) >= 11 is 2.21. The molecule has 30 heavy (non-hydrogen) atoms. The second-order valence-corrected chi connectivity index (χ2v) is 8.07. The molecule has 3 aromatic rings. The van der Waals surface area contributed by atoms with Crippen molar-refractivity contribution < 1.29 is 27.5 Å². The Morgan fingerprint density at radius 3 is 2.70 bits per heavy atom. The zero-order valence-electron chi connectivity index (χ0n) is 15.9. The third-order valence-corrected chi connectivity index (χ3v) is 6.05. The Bertz CT molecular complexity index is 1080. The molecule has 0 bridgehead atoms. The van der Waals surface area contributed by atoms with Gasteiger partial charge in [0.15, 0.2) is 10.8 Å². The number of carbonyl (C=O) groups excluding carboxylic acids is 2. The predicted molar refractivity (Wildman–Crippen MR) is 107 cm³/mol. The van der Waals surface area contributed by atoms with E-state index < -0.39 is 23.6 Å². The van der Waals surface area contributed by atoms with Gasteiger partial charge in [-0.15, -0.1) is 21.5 Å². The third-order valence-electron chi connectivity index (χ3n) is 3.91. The zero-order chi connectivity index (χ0) is 21.9. The third kappa shape index (κ3) is 4.93. The van der Waals surface area contributed by atoms with Crippen LogP contribution in [0.2, 0.25) is 0 Å². The molecule has 1 N–H and O–H groups in total. The molecular formula is C18H17F3N4O3S2. The van der Waals surface area contributed by atoms with Crippen molar-refractivity contribution in [1.82, 2.24) is 14.6 Å². The van der Waals surface area contributed by atoms with Crippen molar-refractivity contribution >= 4 is 45.6 Å². The van der Waals surface area contributed by atoms with Crippen LogP contribution in [-0.4, -0.2) is 38.8 Å². The van der Waals surface area contributed by atoms with Gasteiger partial charge in [-0.25, -0.2) is 4.79 Å². The van der Waals surface area contributed by atoms with Crippen molar-refractivity contribution in [3.8, 4) is 0 Å². The van der Waals surface area contributed by atoms with E-state index in [0.717, 1.165) is 28.9 Å². The molecule has 0 unspecified atom stereocenters. The minimum atomic E-state index is -4.50. The number of rotatable bonds is 7. The highest BCUT2D eigenvalue weighted by Gasteiger charge is 2.31. The van der Waals surface area contributed by atoms with Gasteiger partial charge in [0.05, 0.1) is 23.5 Å². The van der Waals surface area contributed by atoms with E-state index in [1.165, 1.54) is 21.8 Å². The van der Waals surface area contributed by atoms with E-state index in [-0.39, 0.29) is 28.7 Å². The van der Waals surface area contributed by atoms with Crippen molar-refractivity contribution in [2.45, 2.75) is 31.6 Å². The van der Waals surface area contributed by atoms with Gasteiger partial charge in [-0.05, 0) is 31.5 Å². The van der Waals surface area contributed by atoms with Gasteiger partial charge >= 0.3 is 12.1 Å². The van der Waals surface area contributed by atoms with Crippen LogP contribution in [0.25, 0.3) is 5.65 Å². The van der Waals surface area contributed by atoms with Crippen LogP contribution in [0.1, 0.15) is 34.6 Å². The van der Waals surface area contributed by atoms with E-state index >= 15 is 0 Å². The molecule has 0 aliphatic carbocycles. The highest BCUT2D eigenvalue weighted by Crippen LogP contribution is 2.31. The van der Waals surface area contributed by atoms with Crippen molar-refractivity contribution in [2.75, 3.05) is 17.7 Å². The van der Waals surface area contributed by atoms with Crippen molar-refractivity contribution in [3.63, 3.8) is 0 Å². The van der Waals surface area contributed by atoms with Crippen LogP contribution < -0.4 is 5.32 Å². The Balaban J connectivity index is 1.72. The van der Waals surface area contributed by atoms with Crippen LogP contribution in [0, 0.1) is 0 Å². The smallest absolute Gasteiger partial charge is 0.417 e. The number of hydrogen-bond donors (Lipinski definition) is 1. The summed E-state index contributed by atoms with van der Waals surface area (Å²) in [7, 11) is 0. The highest BCUT2D eigenvalue weighted by molar-refractivity contribution is 7.99. The average molecular weight is 458 g/mol. The predicted octanol–water partition coefficient (Wildman–Crippen LogP) is 4.28. The fourth-order valence-electron chi connectivity index (χ4n) is 2.50. The van der Waals surface area contributed by atoms with Gasteiger partial charge in [-0.1, -0.05) is 18.7 Å². The molecule has 0 atom stereocenters. The normalized spacial score (nSPS) is 11.6. The van der Waals surface area contributed by atoms with E-state index in [4.69, 9.17) is 4.74 Å². The second kappa shape index (κ2) is 9.04. The number of nitrogens with zero attached hydrogens (tertiary/aromatic N) is 3. The summed E-state index contributed by atoms with van der Waals surface area (Å²) in [6, 6.07) is 3.81. The zero-order valence-corrected chi connectivity index (χ0v) is 17.6. The van der Waals surface area contributed by atoms with E-state index in [1.807, 2.05) is 6.92 Å². The number of aromatic nitrogens is 3. The molecule has 0 aromatic carbocycles. The minimum absolute atomic E-state index is 0.126. The number of ether oxygens (including phenoxy) is 1. The van der Waals surface area contributed by atoms with Gasteiger partial charge in [0.1, 0.15) is 5.00 Å². The van der Waals surface area contributed by atoms with Crippen LogP contribution in [0.15, 0.2) is 29.6 Å². The fourth-order valence-corrected chi connectivity index (χ4v) is 4.21. The molecule has 12 heteroatoms. The van der Waals surface area contributed by atoms with Gasteiger partial charge in [0, 0.05) is 11.1 Å². The Morgan fingerprint density at radius 2 is 2.03 bits per heavy atom. The number of fused-ring (bicyclic) bond motifs is 1. The number of carbonyl (C=O) groups is 2. The summed E-state index contributed by atoms with van der Waals surface area (Å²) in [6.07, 6.45) is -2.92. The fraction of sp³-hybridized carbons (Fsp3) is 0.333. The SMILES string of the molecule is CCOC(=O)c1cc(CC)sc1NC(=O)CSc1nnc2ccc(C(F)(F)F)cn12. The number of pyridine rings is 1. The lowest BCUT2D eigenvalue weighted by atomic mass is 10.2. The molecule has 1 amide bonds. The van der Waals surface area contributed by atoms with Crippen molar-refractivity contribution in [3.05, 3.63) is 40.4 Å². The number of nitrogens with one attached hydrogen (secondary N) is 1. The Morgan fingerprint density at radius 1 is 1.27 bits per heavy atom. The Kier molecular flexibility index (Phi) is 6.66. The lowest BCUT2D eigenvalue weighted by Crippen LogP contribution is -2.16. The first-order valence-corrected chi connectivity index (χ1v) is 10.7. The van der Waals surface area contributed by atoms with Gasteiger partial charge in [-0.3, -0.25) is 9.20 Å². The molecule has 0 saturated heterocycles. The Hall–Kier alpha value is -2.60. The van der Waals surface area contributed by atoms with Crippen molar-refractivity contribution in [1.29, 1.82) is 0 Å². The largest absolute Gasteiger partial charge is 0.462 e. The first-order valence-electron chi connectivity index (χ1n) is 8.87. The minimum Gasteiger partial charge on any atom is -0.462 e. The Labute approximate surface area is 177 Å². The summed E-state index contributed by atoms with van der Waals surface area (Å²) in [5.74, 6) is -1.09. The van der Waals surface area contributed by atoms with Gasteiger partial charge in [0.2, 0.25) is 5.91 Å². The van der Waals surface area contributed by atoms with Gasteiger partial charge in [-0.2, -0.15) is 13.2 Å². The maximum absolute atomic E-state index is 12.9. The second-order valence-electron chi connectivity index (χ2n) is 5.99. The molecule has 3 aromatic heterocycles. The summed E-state index contributed by atoms with van der Waals surface area (Å²) in [5.41, 5.74) is -0.327. The number of anilines is 1. The van der Waals surface area contributed by atoms with Crippen LogP contribution in [0.4, 0.5) is 18.2 Å². The molecule has 0 radical (unpaired) electrons. The summed E-state index contributed by atoms with van der Waals surface area (Å²) in [5, 5.41) is 10.8. The molecule has 0 aliphatic rings. The molecule has 0 saturated carbocycles. The summed E-state index contributed by atoms with van der Waals surface area (Å²) < 4.78 is 45.0. The quantitative estimate of drug-likeness (QED) is 0.420. The number of halogens is 3. The van der Waals surface area contributed by atoms with E-state index in [2.05, 4.69) is 15.5 Å². The van der Waals surface area contributed by atoms with E-state index in [9.17, 15) is 22.8 Å². The first kappa shape index (κ1) is 22.1. The number of thioether (sulfide) groups is 1. The molecule has 3 heterocycles. The summed E-state index contributed by atoms with van der Waals surface area (Å²) in [4.78, 5) is 25.4. The molecule has 0 aliphatic heterocycles. The topological polar surface area (TPSA) is 85.6 Å². The average Bonchev–Trinajstić information content (AvgIpc) is 3.29. The highest BCUT2D eigenvalue weighted by atomic mass is 32.2. The lowest BCUT2D eigenvalue weighted by molar-refractivity contribution is -0.137. The molecule has 0 spiro atoms. The van der Waals surface area contributed by atoms with E-state index in [0.29, 0.717) is 11.4 Å². The van der Waals surface area contributed by atoms with Crippen molar-refractivity contribution in [2.24, 2.45) is 0 Å². The number of aryl methyl sites for hydroxylation is 1. The molecule has 160 valence electrons. The molecule has 7 nitrogen and oxygen atoms in total. The number of alkyl halides is 3. The standard InChI is InChI=1S/C18H17F3N4O3S2/c1-3-11-7-12(16(27)28-4-2)15(30-11)22-14(26)9-29-17-24-23-13-6-5-10(8-25(13)17)18(19,20)21/h5-8H,3-4,9H2,1-2H3,(H,22,26). The van der Waals surface area contributed by atoms with E-state index in [1.54, 1.807) is 13.0 Å². The first-order chi connectivity index (χ1) is 14.2. The number of hydrogen-bond acceptors (Lipinski definition) is 7. The van der Waals surface area contributed by atoms with Crippen LogP contribution in [0.3, 0.4) is 0 Å². The van der Waals surface area contributed by atoms with Gasteiger partial charge in [0.25, 0.3) is 0 Å². The number of amides is 1. The number of thiophene rings is 1. The molecular weight excluding hydrogens is 441 g/mol. The number of esters is 1. The lowest BCUT2D eigenvalue weighted by Gasteiger charge is -2.08. The van der Waals surface area contributed by atoms with Crippen LogP contribution in [-0.2, 0) is 22.1 Å². The van der Waals surface area contributed by atoms with Crippen LogP contribution in [0.5, 0.6) is 0 Å². The molecule has 3 rings (SSSR count). The maximum atomic E-state index is 12.9. The maximum Gasteiger partial charge on any atom is 0.417 e. The summed E-state index contributed by atoms with van der Waals surface area (Å²) in [6.45, 7) is 3.82.